The van der Waals surface area contributed by atoms with Crippen LogP contribution in [0, 0.1) is 0 Å². The van der Waals surface area contributed by atoms with Crippen molar-refractivity contribution >= 4 is 34.5 Å². The second-order valence-electron chi connectivity index (χ2n) is 8.92. The summed E-state index contributed by atoms with van der Waals surface area (Å²) in [6.07, 6.45) is 3.18. The molecule has 3 atom stereocenters. The Morgan fingerprint density at radius 1 is 0.944 bits per heavy atom. The lowest BCUT2D eigenvalue weighted by molar-refractivity contribution is -0.143. The first-order chi connectivity index (χ1) is 17.2. The Morgan fingerprint density at radius 2 is 1.64 bits per heavy atom. The lowest BCUT2D eigenvalue weighted by Crippen LogP contribution is -2.51. The van der Waals surface area contributed by atoms with Crippen LogP contribution in [0.15, 0.2) is 42.5 Å². The number of carbonyl (C=O) groups is 4. The Bertz CT molecular complexity index is 1040. The van der Waals surface area contributed by atoms with Gasteiger partial charge in [-0.1, -0.05) is 55.8 Å². The van der Waals surface area contributed by atoms with E-state index >= 15 is 0 Å². The van der Waals surface area contributed by atoms with Crippen molar-refractivity contribution in [2.75, 3.05) is 13.7 Å². The topological polar surface area (TPSA) is 140 Å². The van der Waals surface area contributed by atoms with Crippen LogP contribution < -0.4 is 21.7 Å². The van der Waals surface area contributed by atoms with Gasteiger partial charge in [-0.25, -0.2) is 9.59 Å². The summed E-state index contributed by atoms with van der Waals surface area (Å²) in [5.74, 6) is -0.950. The van der Waals surface area contributed by atoms with Gasteiger partial charge in [-0.15, -0.1) is 0 Å². The second kappa shape index (κ2) is 14.8. The summed E-state index contributed by atoms with van der Waals surface area (Å²) in [6, 6.07) is 11.3. The number of nitrogens with one attached hydrogen (secondary N) is 3. The molecular weight excluding hydrogens is 460 g/mol. The Hall–Kier alpha value is -3.46. The number of Topliss-reactive ketones (excluding diaryl/α,β-unsaturated/α-hetero) is 1. The highest BCUT2D eigenvalue weighted by Crippen LogP contribution is 2.16. The van der Waals surface area contributed by atoms with Crippen molar-refractivity contribution in [3.05, 3.63) is 48.0 Å². The van der Waals surface area contributed by atoms with Crippen molar-refractivity contribution in [3.63, 3.8) is 0 Å². The monoisotopic (exact) mass is 498 g/mol. The fraction of sp³-hybridized carbons (Fsp3) is 0.481. The molecule has 0 bridgehead atoms. The van der Waals surface area contributed by atoms with Gasteiger partial charge in [0.2, 0.25) is 5.91 Å². The number of amides is 3. The Morgan fingerprint density at radius 3 is 2.31 bits per heavy atom. The molecule has 0 unspecified atom stereocenters. The van der Waals surface area contributed by atoms with Crippen LogP contribution >= 0.6 is 0 Å². The van der Waals surface area contributed by atoms with Gasteiger partial charge in [-0.3, -0.25) is 9.59 Å². The van der Waals surface area contributed by atoms with Gasteiger partial charge in [0.1, 0.15) is 6.04 Å². The maximum absolute atomic E-state index is 12.4. The van der Waals surface area contributed by atoms with E-state index < -0.39 is 30.1 Å². The number of unbranched alkanes of at least 4 members (excludes halogenated alkanes) is 1. The molecule has 0 aromatic heterocycles. The minimum absolute atomic E-state index is 0.142. The molecule has 2 aromatic carbocycles. The summed E-state index contributed by atoms with van der Waals surface area (Å²) >= 11 is 0. The first-order valence-electron chi connectivity index (χ1n) is 12.4. The van der Waals surface area contributed by atoms with Crippen LogP contribution in [0.5, 0.6) is 0 Å². The molecule has 0 aliphatic rings. The molecule has 5 N–H and O–H groups in total. The molecule has 0 aliphatic carbocycles. The van der Waals surface area contributed by atoms with E-state index in [1.54, 1.807) is 0 Å². The zero-order valence-corrected chi connectivity index (χ0v) is 21.3. The molecule has 196 valence electrons. The number of ketones is 1. The van der Waals surface area contributed by atoms with E-state index in [9.17, 15) is 19.2 Å². The fourth-order valence-electron chi connectivity index (χ4n) is 3.94. The van der Waals surface area contributed by atoms with Crippen LogP contribution in [0.2, 0.25) is 0 Å². The van der Waals surface area contributed by atoms with E-state index in [4.69, 9.17) is 10.5 Å². The highest BCUT2D eigenvalue weighted by molar-refractivity contribution is 5.89. The minimum Gasteiger partial charge on any atom is -0.467 e. The molecule has 2 rings (SSSR count). The maximum Gasteiger partial charge on any atom is 0.328 e. The van der Waals surface area contributed by atoms with Gasteiger partial charge in [0, 0.05) is 6.54 Å². The number of carbonyl (C=O) groups excluding carboxylic acids is 4. The zero-order chi connectivity index (χ0) is 26.5. The Balaban J connectivity index is 1.75. The largest absolute Gasteiger partial charge is 0.467 e. The van der Waals surface area contributed by atoms with Crippen molar-refractivity contribution in [3.8, 4) is 0 Å². The number of ether oxygens (including phenoxy) is 1. The van der Waals surface area contributed by atoms with E-state index in [0.29, 0.717) is 38.6 Å². The standard InChI is InChI=1S/C27H38N4O5/c1-4-9-23(18(2)32)30-27(35)31-24(26(34)36-3)12-7-8-15-29-25(33)22(28)17-19-13-14-20-10-5-6-11-21(20)16-19/h5-6,10-11,13-14,16,22-24H,4,7-9,12,15,17,28H2,1-3H3,(H,29,33)(H2,30,31,35)/t22-,23-,24-/m0/s1. The lowest BCUT2D eigenvalue weighted by atomic mass is 10.0. The predicted octanol–water partition coefficient (Wildman–Crippen LogP) is 2.59. The molecule has 2 aromatic rings. The van der Waals surface area contributed by atoms with Crippen LogP contribution in [0.3, 0.4) is 0 Å². The normalized spacial score (nSPS) is 13.3. The lowest BCUT2D eigenvalue weighted by Gasteiger charge is -2.20. The number of benzene rings is 2. The van der Waals surface area contributed by atoms with Crippen molar-refractivity contribution in [2.24, 2.45) is 5.73 Å². The van der Waals surface area contributed by atoms with E-state index in [1.165, 1.54) is 14.0 Å². The van der Waals surface area contributed by atoms with Crippen molar-refractivity contribution in [1.29, 1.82) is 0 Å². The third kappa shape index (κ3) is 9.30. The first kappa shape index (κ1) is 28.8. The van der Waals surface area contributed by atoms with Gasteiger partial charge in [0.15, 0.2) is 5.78 Å². The first-order valence-corrected chi connectivity index (χ1v) is 12.4. The van der Waals surface area contributed by atoms with E-state index in [1.807, 2.05) is 49.4 Å². The van der Waals surface area contributed by atoms with Crippen LogP contribution in [0.1, 0.15) is 51.5 Å². The van der Waals surface area contributed by atoms with Crippen LogP contribution in [-0.4, -0.2) is 55.5 Å². The van der Waals surface area contributed by atoms with E-state index in [0.717, 1.165) is 22.8 Å². The molecular formula is C27H38N4O5. The molecule has 0 saturated carbocycles. The molecule has 9 nitrogen and oxygen atoms in total. The number of methoxy groups -OCH3 is 1. The van der Waals surface area contributed by atoms with E-state index in [2.05, 4.69) is 16.0 Å². The smallest absolute Gasteiger partial charge is 0.328 e. The molecule has 3 amide bonds. The van der Waals surface area contributed by atoms with Gasteiger partial charge in [0.25, 0.3) is 0 Å². The van der Waals surface area contributed by atoms with Gasteiger partial charge >= 0.3 is 12.0 Å². The average molecular weight is 499 g/mol. The molecule has 0 aliphatic heterocycles. The van der Waals surface area contributed by atoms with Crippen LogP contribution in [0.25, 0.3) is 10.8 Å². The van der Waals surface area contributed by atoms with Gasteiger partial charge < -0.3 is 26.4 Å². The van der Waals surface area contributed by atoms with E-state index in [-0.39, 0.29) is 11.7 Å². The highest BCUT2D eigenvalue weighted by atomic mass is 16.5. The number of urea groups is 1. The molecule has 0 fully saturated rings. The predicted molar refractivity (Wildman–Crippen MR) is 139 cm³/mol. The number of hydrogen-bond donors (Lipinski definition) is 4. The summed E-state index contributed by atoms with van der Waals surface area (Å²) in [5.41, 5.74) is 7.09. The van der Waals surface area contributed by atoms with Crippen LogP contribution in [-0.2, 0) is 25.5 Å². The van der Waals surface area contributed by atoms with Gasteiger partial charge in [-0.2, -0.15) is 0 Å². The number of nitrogens with two attached hydrogens (primary N) is 1. The molecule has 0 radical (unpaired) electrons. The Labute approximate surface area is 212 Å². The molecule has 0 spiro atoms. The molecule has 0 saturated heterocycles. The minimum atomic E-state index is -0.852. The summed E-state index contributed by atoms with van der Waals surface area (Å²) in [5, 5.41) is 10.3. The second-order valence-corrected chi connectivity index (χ2v) is 8.92. The molecule has 9 heteroatoms. The maximum atomic E-state index is 12.4. The Kier molecular flexibility index (Phi) is 11.9. The van der Waals surface area contributed by atoms with Crippen LogP contribution in [0.4, 0.5) is 4.79 Å². The summed E-state index contributed by atoms with van der Waals surface area (Å²) in [6.45, 7) is 3.73. The number of fused-ring (bicyclic) bond motifs is 1. The third-order valence-electron chi connectivity index (χ3n) is 5.99. The van der Waals surface area contributed by atoms with Gasteiger partial charge in [0.05, 0.1) is 19.2 Å². The number of hydrogen-bond acceptors (Lipinski definition) is 6. The van der Waals surface area contributed by atoms with Gasteiger partial charge in [-0.05, 0) is 55.4 Å². The quantitative estimate of drug-likeness (QED) is 0.233. The van der Waals surface area contributed by atoms with Crippen molar-refractivity contribution in [2.45, 2.75) is 70.5 Å². The van der Waals surface area contributed by atoms with Crippen molar-refractivity contribution < 1.29 is 23.9 Å². The average Bonchev–Trinajstić information content (AvgIpc) is 2.86. The SMILES string of the molecule is CCC[C@H](NC(=O)N[C@@H](CCCCNC(=O)[C@@H](N)Cc1ccc2ccccc2c1)C(=O)OC)C(C)=O. The fourth-order valence-corrected chi connectivity index (χ4v) is 3.94. The highest BCUT2D eigenvalue weighted by Gasteiger charge is 2.23. The third-order valence-corrected chi connectivity index (χ3v) is 5.99. The summed E-state index contributed by atoms with van der Waals surface area (Å²) < 4.78 is 4.79. The number of esters is 1. The molecule has 0 heterocycles. The summed E-state index contributed by atoms with van der Waals surface area (Å²) in [4.78, 5) is 48.5. The number of rotatable bonds is 14. The zero-order valence-electron chi connectivity index (χ0n) is 21.3. The molecule has 36 heavy (non-hydrogen) atoms. The van der Waals surface area contributed by atoms with Crippen molar-refractivity contribution in [1.82, 2.24) is 16.0 Å². The summed E-state index contributed by atoms with van der Waals surface area (Å²) in [7, 11) is 1.25.